The highest BCUT2D eigenvalue weighted by molar-refractivity contribution is 9.10. The van der Waals surface area contributed by atoms with Crippen molar-refractivity contribution in [1.29, 1.82) is 0 Å². The van der Waals surface area contributed by atoms with Crippen molar-refractivity contribution < 1.29 is 9.21 Å². The van der Waals surface area contributed by atoms with Crippen LogP contribution in [0.1, 0.15) is 38.5 Å². The SMILES string of the molecule is O=C(CSc1nnc(-c2cccc(Br)c2)o1)N(C1=CCCCC1)C1CC1. The van der Waals surface area contributed by atoms with Gasteiger partial charge in [0.05, 0.1) is 5.75 Å². The average molecular weight is 434 g/mol. The summed E-state index contributed by atoms with van der Waals surface area (Å²) in [5, 5.41) is 8.60. The number of amides is 1. The van der Waals surface area contributed by atoms with Gasteiger partial charge in [-0.3, -0.25) is 4.79 Å². The molecule has 4 rings (SSSR count). The second-order valence-electron chi connectivity index (χ2n) is 6.61. The van der Waals surface area contributed by atoms with E-state index in [9.17, 15) is 4.79 Å². The van der Waals surface area contributed by atoms with Crippen molar-refractivity contribution in [3.05, 3.63) is 40.5 Å². The van der Waals surface area contributed by atoms with Crippen LogP contribution >= 0.6 is 27.7 Å². The molecule has 0 radical (unpaired) electrons. The van der Waals surface area contributed by atoms with Gasteiger partial charge in [0.2, 0.25) is 11.8 Å². The molecule has 0 aliphatic heterocycles. The molecule has 5 nitrogen and oxygen atoms in total. The number of hydrogen-bond donors (Lipinski definition) is 0. The number of nitrogens with zero attached hydrogens (tertiary/aromatic N) is 3. The lowest BCUT2D eigenvalue weighted by molar-refractivity contribution is -0.127. The number of carbonyl (C=O) groups excluding carboxylic acids is 1. The highest BCUT2D eigenvalue weighted by Crippen LogP contribution is 2.35. The minimum atomic E-state index is 0.146. The van der Waals surface area contributed by atoms with E-state index in [1.807, 2.05) is 29.2 Å². The molecule has 0 saturated heterocycles. The molecule has 1 amide bonds. The highest BCUT2D eigenvalue weighted by Gasteiger charge is 2.35. The smallest absolute Gasteiger partial charge is 0.277 e. The van der Waals surface area contributed by atoms with Crippen molar-refractivity contribution in [2.45, 2.75) is 49.8 Å². The standard InChI is InChI=1S/C19H20BrN3O2S/c20-14-6-4-5-13(11-14)18-21-22-19(25-18)26-12-17(24)23(16-9-10-16)15-7-2-1-3-8-15/h4-7,11,16H,1-3,8-10,12H2. The van der Waals surface area contributed by atoms with Crippen molar-refractivity contribution in [2.75, 3.05) is 5.75 Å². The van der Waals surface area contributed by atoms with Gasteiger partial charge in [0.15, 0.2) is 0 Å². The Morgan fingerprint density at radius 1 is 1.31 bits per heavy atom. The largest absolute Gasteiger partial charge is 0.411 e. The van der Waals surface area contributed by atoms with Crippen molar-refractivity contribution in [2.24, 2.45) is 0 Å². The van der Waals surface area contributed by atoms with Gasteiger partial charge in [0.25, 0.3) is 5.22 Å². The summed E-state index contributed by atoms with van der Waals surface area (Å²) in [7, 11) is 0. The molecule has 0 spiro atoms. The monoisotopic (exact) mass is 433 g/mol. The maximum absolute atomic E-state index is 12.8. The van der Waals surface area contributed by atoms with Gasteiger partial charge >= 0.3 is 0 Å². The zero-order valence-electron chi connectivity index (χ0n) is 14.4. The van der Waals surface area contributed by atoms with Crippen LogP contribution < -0.4 is 0 Å². The van der Waals surface area contributed by atoms with Crippen LogP contribution in [-0.2, 0) is 4.79 Å². The second kappa shape index (κ2) is 7.96. The molecule has 2 aliphatic rings. The van der Waals surface area contributed by atoms with Gasteiger partial charge < -0.3 is 9.32 Å². The molecular formula is C19H20BrN3O2S. The molecular weight excluding hydrogens is 414 g/mol. The van der Waals surface area contributed by atoms with Crippen LogP contribution in [0.25, 0.3) is 11.5 Å². The van der Waals surface area contributed by atoms with E-state index in [1.54, 1.807) is 0 Å². The van der Waals surface area contributed by atoms with Gasteiger partial charge in [-0.05, 0) is 56.7 Å². The van der Waals surface area contributed by atoms with E-state index in [2.05, 4.69) is 32.2 Å². The van der Waals surface area contributed by atoms with E-state index in [-0.39, 0.29) is 5.91 Å². The van der Waals surface area contributed by atoms with Crippen LogP contribution in [0.15, 0.2) is 50.2 Å². The zero-order valence-corrected chi connectivity index (χ0v) is 16.8. The minimum Gasteiger partial charge on any atom is -0.411 e. The molecule has 0 N–H and O–H groups in total. The summed E-state index contributed by atoms with van der Waals surface area (Å²) in [6.45, 7) is 0. The third kappa shape index (κ3) is 4.20. The van der Waals surface area contributed by atoms with Crippen molar-refractivity contribution in [1.82, 2.24) is 15.1 Å². The molecule has 7 heteroatoms. The van der Waals surface area contributed by atoms with E-state index in [1.165, 1.54) is 30.3 Å². The lowest BCUT2D eigenvalue weighted by Gasteiger charge is -2.27. The summed E-state index contributed by atoms with van der Waals surface area (Å²) < 4.78 is 6.67. The number of rotatable bonds is 6. The minimum absolute atomic E-state index is 0.146. The predicted octanol–water partition coefficient (Wildman–Crippen LogP) is 5.04. The number of aromatic nitrogens is 2. The number of allylic oxidation sites excluding steroid dienone is 2. The van der Waals surface area contributed by atoms with E-state index in [4.69, 9.17) is 4.42 Å². The Hall–Kier alpha value is -1.60. The highest BCUT2D eigenvalue weighted by atomic mass is 79.9. The Balaban J connectivity index is 1.40. The first kappa shape index (κ1) is 17.8. The normalized spacial score (nSPS) is 17.0. The van der Waals surface area contributed by atoms with Crippen LogP contribution in [-0.4, -0.2) is 32.8 Å². The summed E-state index contributed by atoms with van der Waals surface area (Å²) in [5.74, 6) is 0.941. The molecule has 2 aliphatic carbocycles. The maximum Gasteiger partial charge on any atom is 0.277 e. The van der Waals surface area contributed by atoms with E-state index < -0.39 is 0 Å². The van der Waals surface area contributed by atoms with Gasteiger partial charge in [0.1, 0.15) is 0 Å². The van der Waals surface area contributed by atoms with Crippen molar-refractivity contribution >= 4 is 33.6 Å². The van der Waals surface area contributed by atoms with Gasteiger partial charge in [-0.25, -0.2) is 0 Å². The molecule has 2 aromatic rings. The van der Waals surface area contributed by atoms with Gasteiger partial charge in [-0.1, -0.05) is 39.8 Å². The number of hydrogen-bond acceptors (Lipinski definition) is 5. The first-order chi connectivity index (χ1) is 12.7. The Kier molecular flexibility index (Phi) is 5.45. The van der Waals surface area contributed by atoms with E-state index in [0.717, 1.165) is 35.7 Å². The molecule has 1 saturated carbocycles. The third-order valence-corrected chi connectivity index (χ3v) is 5.85. The molecule has 136 valence electrons. The van der Waals surface area contributed by atoms with Gasteiger partial charge in [0, 0.05) is 21.8 Å². The topological polar surface area (TPSA) is 59.2 Å². The maximum atomic E-state index is 12.8. The molecule has 0 atom stereocenters. The first-order valence-corrected chi connectivity index (χ1v) is 10.7. The molecule has 1 fully saturated rings. The molecule has 1 aromatic heterocycles. The summed E-state index contributed by atoms with van der Waals surface area (Å²) in [6.07, 6.45) is 8.96. The number of carbonyl (C=O) groups is 1. The quantitative estimate of drug-likeness (QED) is 0.597. The van der Waals surface area contributed by atoms with Crippen LogP contribution in [0.5, 0.6) is 0 Å². The predicted molar refractivity (Wildman–Crippen MR) is 105 cm³/mol. The Bertz CT molecular complexity index is 832. The Morgan fingerprint density at radius 2 is 2.19 bits per heavy atom. The Labute approximate surface area is 165 Å². The lowest BCUT2D eigenvalue weighted by atomic mass is 10.0. The Morgan fingerprint density at radius 3 is 2.92 bits per heavy atom. The molecule has 0 bridgehead atoms. The summed E-state index contributed by atoms with van der Waals surface area (Å²) >= 11 is 4.75. The molecule has 26 heavy (non-hydrogen) atoms. The van der Waals surface area contributed by atoms with E-state index >= 15 is 0 Å². The lowest BCUT2D eigenvalue weighted by Crippen LogP contribution is -2.34. The zero-order chi connectivity index (χ0) is 17.9. The molecule has 0 unspecified atom stereocenters. The van der Waals surface area contributed by atoms with Crippen LogP contribution in [0.3, 0.4) is 0 Å². The molecule has 1 heterocycles. The third-order valence-electron chi connectivity index (χ3n) is 4.55. The number of halogens is 1. The number of benzene rings is 1. The van der Waals surface area contributed by atoms with E-state index in [0.29, 0.717) is 22.9 Å². The van der Waals surface area contributed by atoms with Crippen molar-refractivity contribution in [3.63, 3.8) is 0 Å². The summed E-state index contributed by atoms with van der Waals surface area (Å²) in [5.41, 5.74) is 2.07. The first-order valence-electron chi connectivity index (χ1n) is 8.94. The van der Waals surface area contributed by atoms with Crippen LogP contribution in [0.2, 0.25) is 0 Å². The molecule has 1 aromatic carbocycles. The van der Waals surface area contributed by atoms with Gasteiger partial charge in [-0.2, -0.15) is 0 Å². The number of thioether (sulfide) groups is 1. The fourth-order valence-corrected chi connectivity index (χ4v) is 4.19. The van der Waals surface area contributed by atoms with Crippen molar-refractivity contribution in [3.8, 4) is 11.5 Å². The average Bonchev–Trinajstić information content (AvgIpc) is 3.37. The van der Waals surface area contributed by atoms with Gasteiger partial charge in [-0.15, -0.1) is 10.2 Å². The fraction of sp³-hybridized carbons (Fsp3) is 0.421. The van der Waals surface area contributed by atoms with Crippen LogP contribution in [0, 0.1) is 0 Å². The fourth-order valence-electron chi connectivity index (χ4n) is 3.17. The summed E-state index contributed by atoms with van der Waals surface area (Å²) in [6, 6.07) is 8.11. The summed E-state index contributed by atoms with van der Waals surface area (Å²) in [4.78, 5) is 14.8. The van der Waals surface area contributed by atoms with Crippen LogP contribution in [0.4, 0.5) is 0 Å². The second-order valence-corrected chi connectivity index (χ2v) is 8.45.